The number of hydrogen-bond donors (Lipinski definition) is 1. The first kappa shape index (κ1) is 27.6. The molecule has 1 amide bonds. The number of amides is 1. The minimum absolute atomic E-state index is 0.170. The van der Waals surface area contributed by atoms with Crippen LogP contribution in [0.2, 0.25) is 0 Å². The van der Waals surface area contributed by atoms with Gasteiger partial charge in [-0.05, 0) is 48.9 Å². The second-order valence-electron chi connectivity index (χ2n) is 7.88. The molecule has 1 N–H and O–H groups in total. The van der Waals surface area contributed by atoms with E-state index in [1.54, 1.807) is 25.1 Å². The van der Waals surface area contributed by atoms with Crippen LogP contribution in [-0.2, 0) is 14.8 Å². The van der Waals surface area contributed by atoms with Crippen molar-refractivity contribution >= 4 is 21.6 Å². The lowest BCUT2D eigenvalue weighted by molar-refractivity contribution is -0.120. The van der Waals surface area contributed by atoms with Gasteiger partial charge >= 0.3 is 0 Å². The number of anilines is 1. The van der Waals surface area contributed by atoms with Crippen LogP contribution in [0.15, 0.2) is 65.6 Å². The predicted octanol–water partition coefficient (Wildman–Crippen LogP) is 3.93. The molecule has 0 heterocycles. The maximum atomic E-state index is 14.8. The molecule has 0 saturated heterocycles. The summed E-state index contributed by atoms with van der Waals surface area (Å²) in [5.41, 5.74) is 0.428. The minimum Gasteiger partial charge on any atom is -0.493 e. The molecule has 37 heavy (non-hydrogen) atoms. The summed E-state index contributed by atoms with van der Waals surface area (Å²) in [6.45, 7) is 1.06. The molecule has 0 aromatic heterocycles. The van der Waals surface area contributed by atoms with Crippen molar-refractivity contribution in [3.05, 3.63) is 72.0 Å². The van der Waals surface area contributed by atoms with E-state index in [0.29, 0.717) is 22.8 Å². The molecule has 11 heteroatoms. The molecule has 3 aromatic rings. The molecule has 0 spiro atoms. The summed E-state index contributed by atoms with van der Waals surface area (Å²) in [5.74, 6) is 0.0486. The van der Waals surface area contributed by atoms with Crippen molar-refractivity contribution in [1.82, 2.24) is 5.32 Å². The Labute approximate surface area is 215 Å². The number of para-hydroxylation sites is 1. The van der Waals surface area contributed by atoms with E-state index in [4.69, 9.17) is 18.9 Å². The zero-order chi connectivity index (χ0) is 27.2. The molecule has 0 radical (unpaired) electrons. The zero-order valence-electron chi connectivity index (χ0n) is 21.1. The number of methoxy groups -OCH3 is 4. The first-order chi connectivity index (χ1) is 17.7. The SMILES string of the molecule is COc1ccc(C(C)NC(=O)CN(c2ccccc2F)S(=O)(=O)c2ccc(OC)c(OC)c2)cc1OC. The molecule has 0 saturated carbocycles. The Morgan fingerprint density at radius 3 is 2.03 bits per heavy atom. The first-order valence-electron chi connectivity index (χ1n) is 11.2. The van der Waals surface area contributed by atoms with Crippen LogP contribution in [-0.4, -0.2) is 49.3 Å². The summed E-state index contributed by atoms with van der Waals surface area (Å²) >= 11 is 0. The van der Waals surface area contributed by atoms with Crippen LogP contribution < -0.4 is 28.6 Å². The molecule has 1 unspecified atom stereocenters. The number of ether oxygens (including phenoxy) is 4. The molecule has 3 aromatic carbocycles. The summed E-state index contributed by atoms with van der Waals surface area (Å²) in [6.07, 6.45) is 0. The highest BCUT2D eigenvalue weighted by Gasteiger charge is 2.30. The second-order valence-corrected chi connectivity index (χ2v) is 9.75. The standard InChI is InChI=1S/C26H29FN2O7S/c1-17(18-10-12-22(33-2)24(14-18)35-4)28-26(30)16-29(21-9-7-6-8-20(21)27)37(31,32)19-11-13-23(34-3)25(15-19)36-5/h6-15,17H,16H2,1-5H3,(H,28,30). The van der Waals surface area contributed by atoms with Gasteiger partial charge in [0, 0.05) is 6.07 Å². The fourth-order valence-corrected chi connectivity index (χ4v) is 5.13. The molecule has 0 aliphatic carbocycles. The van der Waals surface area contributed by atoms with Crippen LogP contribution in [0.5, 0.6) is 23.0 Å². The molecule has 198 valence electrons. The third kappa shape index (κ3) is 6.05. The first-order valence-corrected chi connectivity index (χ1v) is 12.6. The van der Waals surface area contributed by atoms with Crippen LogP contribution in [0.25, 0.3) is 0 Å². The van der Waals surface area contributed by atoms with E-state index in [9.17, 15) is 17.6 Å². The molecule has 0 aliphatic rings. The van der Waals surface area contributed by atoms with Gasteiger partial charge in [0.15, 0.2) is 23.0 Å². The molecular weight excluding hydrogens is 503 g/mol. The summed E-state index contributed by atoms with van der Waals surface area (Å²) in [4.78, 5) is 12.9. The van der Waals surface area contributed by atoms with Gasteiger partial charge in [-0.3, -0.25) is 9.10 Å². The van der Waals surface area contributed by atoms with Crippen molar-refractivity contribution in [2.45, 2.75) is 17.9 Å². The smallest absolute Gasteiger partial charge is 0.265 e. The molecule has 0 aliphatic heterocycles. The number of hydrogen-bond acceptors (Lipinski definition) is 7. The molecule has 1 atom stereocenters. The zero-order valence-corrected chi connectivity index (χ0v) is 22.0. The van der Waals surface area contributed by atoms with Gasteiger partial charge < -0.3 is 24.3 Å². The third-order valence-corrected chi connectivity index (χ3v) is 7.39. The molecular formula is C26H29FN2O7S. The van der Waals surface area contributed by atoms with Crippen molar-refractivity contribution in [2.24, 2.45) is 0 Å². The summed E-state index contributed by atoms with van der Waals surface area (Å²) < 4.78 is 63.7. The van der Waals surface area contributed by atoms with Crippen molar-refractivity contribution in [2.75, 3.05) is 39.3 Å². The number of sulfonamides is 1. The van der Waals surface area contributed by atoms with E-state index in [1.807, 2.05) is 0 Å². The highest BCUT2D eigenvalue weighted by molar-refractivity contribution is 7.92. The number of rotatable bonds is 11. The predicted molar refractivity (Wildman–Crippen MR) is 137 cm³/mol. The van der Waals surface area contributed by atoms with Crippen LogP contribution in [0.3, 0.4) is 0 Å². The van der Waals surface area contributed by atoms with Crippen LogP contribution in [0, 0.1) is 5.82 Å². The van der Waals surface area contributed by atoms with Crippen molar-refractivity contribution < 1.29 is 36.6 Å². The lowest BCUT2D eigenvalue weighted by atomic mass is 10.1. The van der Waals surface area contributed by atoms with E-state index < -0.39 is 34.3 Å². The topological polar surface area (TPSA) is 103 Å². The summed E-state index contributed by atoms with van der Waals surface area (Å²) in [7, 11) is 1.41. The van der Waals surface area contributed by atoms with Crippen LogP contribution in [0.4, 0.5) is 10.1 Å². The average molecular weight is 533 g/mol. The minimum atomic E-state index is -4.39. The van der Waals surface area contributed by atoms with Gasteiger partial charge in [0.2, 0.25) is 5.91 Å². The Bertz CT molecular complexity index is 1360. The maximum Gasteiger partial charge on any atom is 0.265 e. The second kappa shape index (κ2) is 11.8. The number of nitrogens with one attached hydrogen (secondary N) is 1. The molecule has 0 fully saturated rings. The molecule has 0 bridgehead atoms. The fraction of sp³-hybridized carbons (Fsp3) is 0.269. The van der Waals surface area contributed by atoms with Crippen LogP contribution in [0.1, 0.15) is 18.5 Å². The number of halogens is 1. The third-order valence-electron chi connectivity index (χ3n) is 5.64. The van der Waals surface area contributed by atoms with Gasteiger partial charge in [-0.1, -0.05) is 18.2 Å². The maximum absolute atomic E-state index is 14.8. The Morgan fingerprint density at radius 2 is 1.43 bits per heavy atom. The quantitative estimate of drug-likeness (QED) is 0.399. The van der Waals surface area contributed by atoms with Crippen molar-refractivity contribution in [1.29, 1.82) is 0 Å². The Hall–Kier alpha value is -3.99. The van der Waals surface area contributed by atoms with E-state index in [-0.39, 0.29) is 16.3 Å². The normalized spacial score (nSPS) is 11.8. The summed E-state index contributed by atoms with van der Waals surface area (Å²) in [5, 5.41) is 2.76. The molecule has 3 rings (SSSR count). The Kier molecular flexibility index (Phi) is 8.82. The lowest BCUT2D eigenvalue weighted by Gasteiger charge is -2.26. The highest BCUT2D eigenvalue weighted by atomic mass is 32.2. The molecule has 9 nitrogen and oxygen atoms in total. The van der Waals surface area contributed by atoms with E-state index in [2.05, 4.69) is 5.32 Å². The number of carbonyl (C=O) groups excluding carboxylic acids is 1. The summed E-state index contributed by atoms with van der Waals surface area (Å²) in [6, 6.07) is 13.9. The Balaban J connectivity index is 1.94. The van der Waals surface area contributed by atoms with E-state index in [1.165, 1.54) is 64.8 Å². The van der Waals surface area contributed by atoms with Gasteiger partial charge in [-0.15, -0.1) is 0 Å². The van der Waals surface area contributed by atoms with E-state index in [0.717, 1.165) is 10.4 Å². The van der Waals surface area contributed by atoms with Crippen molar-refractivity contribution in [3.8, 4) is 23.0 Å². The van der Waals surface area contributed by atoms with Crippen molar-refractivity contribution in [3.63, 3.8) is 0 Å². The van der Waals surface area contributed by atoms with E-state index >= 15 is 0 Å². The van der Waals surface area contributed by atoms with Gasteiger partial charge in [0.1, 0.15) is 12.4 Å². The fourth-order valence-electron chi connectivity index (χ4n) is 3.68. The van der Waals surface area contributed by atoms with Gasteiger partial charge in [0.25, 0.3) is 10.0 Å². The lowest BCUT2D eigenvalue weighted by Crippen LogP contribution is -2.42. The number of benzene rings is 3. The number of nitrogens with zero attached hydrogens (tertiary/aromatic N) is 1. The number of carbonyl (C=O) groups is 1. The average Bonchev–Trinajstić information content (AvgIpc) is 2.91. The monoisotopic (exact) mass is 532 g/mol. The van der Waals surface area contributed by atoms with Crippen LogP contribution >= 0.6 is 0 Å². The highest BCUT2D eigenvalue weighted by Crippen LogP contribution is 2.33. The van der Waals surface area contributed by atoms with Gasteiger partial charge in [-0.2, -0.15) is 0 Å². The Morgan fingerprint density at radius 1 is 0.865 bits per heavy atom. The van der Waals surface area contributed by atoms with Gasteiger partial charge in [0.05, 0.1) is 45.1 Å². The largest absolute Gasteiger partial charge is 0.493 e. The van der Waals surface area contributed by atoms with Gasteiger partial charge in [-0.25, -0.2) is 12.8 Å².